The van der Waals surface area contributed by atoms with Crippen molar-refractivity contribution >= 4 is 21.4 Å². The third kappa shape index (κ3) is 3.43. The zero-order valence-corrected chi connectivity index (χ0v) is 14.3. The maximum atomic E-state index is 12.5. The van der Waals surface area contributed by atoms with E-state index in [1.165, 1.54) is 0 Å². The number of rotatable bonds is 4. The monoisotopic (exact) mass is 345 g/mol. The molecule has 0 radical (unpaired) electrons. The van der Waals surface area contributed by atoms with E-state index < -0.39 is 9.84 Å². The van der Waals surface area contributed by atoms with Crippen molar-refractivity contribution in [3.05, 3.63) is 54.1 Å². The van der Waals surface area contributed by atoms with Gasteiger partial charge in [-0.3, -0.25) is 4.79 Å². The van der Waals surface area contributed by atoms with E-state index >= 15 is 0 Å². The number of para-hydroxylation sites is 2. The molecule has 0 unspecified atom stereocenters. The Morgan fingerprint density at radius 2 is 1.83 bits per heavy atom. The predicted molar refractivity (Wildman–Crippen MR) is 92.1 cm³/mol. The van der Waals surface area contributed by atoms with Gasteiger partial charge in [-0.15, -0.1) is 0 Å². The molecule has 1 heterocycles. The molecule has 1 aliphatic heterocycles. The van der Waals surface area contributed by atoms with Crippen molar-refractivity contribution in [2.24, 2.45) is 0 Å². The Bertz CT molecular complexity index is 844. The maximum absolute atomic E-state index is 12.5. The van der Waals surface area contributed by atoms with Crippen molar-refractivity contribution in [3.63, 3.8) is 0 Å². The van der Waals surface area contributed by atoms with Gasteiger partial charge in [0.25, 0.3) is 0 Å². The van der Waals surface area contributed by atoms with E-state index in [1.54, 1.807) is 41.3 Å². The van der Waals surface area contributed by atoms with Crippen molar-refractivity contribution in [2.45, 2.75) is 18.2 Å². The number of anilines is 1. The molecule has 0 atom stereocenters. The number of amides is 1. The smallest absolute Gasteiger partial charge is 0.228 e. The molecular weight excluding hydrogens is 326 g/mol. The van der Waals surface area contributed by atoms with Crippen LogP contribution in [0.3, 0.4) is 0 Å². The highest BCUT2D eigenvalue weighted by atomic mass is 32.2. The van der Waals surface area contributed by atoms with Crippen LogP contribution in [-0.2, 0) is 14.6 Å². The normalized spacial score (nSPS) is 14.0. The summed E-state index contributed by atoms with van der Waals surface area (Å²) in [6.07, 6.45) is -0.0510. The summed E-state index contributed by atoms with van der Waals surface area (Å²) in [5.74, 6) is 0.244. The molecular formula is C18H19NO4S. The Hall–Kier alpha value is -2.34. The Balaban J connectivity index is 1.71. The second-order valence-electron chi connectivity index (χ2n) is 5.74. The fourth-order valence-electron chi connectivity index (χ4n) is 2.65. The van der Waals surface area contributed by atoms with Gasteiger partial charge in [-0.1, -0.05) is 29.8 Å². The number of nitrogens with zero attached hydrogens (tertiary/aromatic N) is 1. The first-order valence-corrected chi connectivity index (χ1v) is 9.44. The second-order valence-corrected chi connectivity index (χ2v) is 7.85. The van der Waals surface area contributed by atoms with Gasteiger partial charge in [0.15, 0.2) is 9.84 Å². The molecule has 6 heteroatoms. The van der Waals surface area contributed by atoms with E-state index in [1.807, 2.05) is 19.1 Å². The summed E-state index contributed by atoms with van der Waals surface area (Å²) >= 11 is 0. The molecule has 0 aliphatic carbocycles. The fourth-order valence-corrected chi connectivity index (χ4v) is 3.88. The molecule has 0 saturated carbocycles. The fraction of sp³-hybridized carbons (Fsp3) is 0.278. The molecule has 126 valence electrons. The molecule has 0 aromatic heterocycles. The number of carbonyl (C=O) groups is 1. The van der Waals surface area contributed by atoms with Crippen LogP contribution >= 0.6 is 0 Å². The first-order valence-electron chi connectivity index (χ1n) is 7.79. The van der Waals surface area contributed by atoms with Crippen LogP contribution in [0.15, 0.2) is 53.4 Å². The minimum absolute atomic E-state index is 0.0510. The van der Waals surface area contributed by atoms with Crippen molar-refractivity contribution < 1.29 is 17.9 Å². The minimum atomic E-state index is -3.47. The number of hydrogen-bond donors (Lipinski definition) is 0. The van der Waals surface area contributed by atoms with Crippen molar-refractivity contribution in [3.8, 4) is 5.75 Å². The highest BCUT2D eigenvalue weighted by molar-refractivity contribution is 7.91. The Morgan fingerprint density at radius 1 is 1.12 bits per heavy atom. The Labute approximate surface area is 141 Å². The van der Waals surface area contributed by atoms with Crippen molar-refractivity contribution in [1.82, 2.24) is 0 Å². The van der Waals surface area contributed by atoms with E-state index in [0.717, 1.165) is 5.56 Å². The molecule has 24 heavy (non-hydrogen) atoms. The molecule has 0 spiro atoms. The average molecular weight is 345 g/mol. The summed E-state index contributed by atoms with van der Waals surface area (Å²) in [5.41, 5.74) is 1.69. The number of aryl methyl sites for hydroxylation is 1. The predicted octanol–water partition coefficient (Wildman–Crippen LogP) is 2.58. The van der Waals surface area contributed by atoms with Crippen LogP contribution in [0.1, 0.15) is 12.0 Å². The topological polar surface area (TPSA) is 63.7 Å². The summed E-state index contributed by atoms with van der Waals surface area (Å²) in [4.78, 5) is 14.4. The molecule has 5 nitrogen and oxygen atoms in total. The van der Waals surface area contributed by atoms with Crippen LogP contribution < -0.4 is 9.64 Å². The van der Waals surface area contributed by atoms with Gasteiger partial charge in [0.2, 0.25) is 5.91 Å². The van der Waals surface area contributed by atoms with E-state index in [9.17, 15) is 13.2 Å². The zero-order chi connectivity index (χ0) is 17.2. The highest BCUT2D eigenvalue weighted by Gasteiger charge is 2.25. The third-order valence-electron chi connectivity index (χ3n) is 3.99. The van der Waals surface area contributed by atoms with E-state index in [0.29, 0.717) is 24.6 Å². The molecule has 0 fully saturated rings. The summed E-state index contributed by atoms with van der Waals surface area (Å²) in [7, 11) is -3.47. The van der Waals surface area contributed by atoms with Crippen LogP contribution in [0.4, 0.5) is 5.69 Å². The van der Waals surface area contributed by atoms with Gasteiger partial charge in [0.05, 0.1) is 22.9 Å². The zero-order valence-electron chi connectivity index (χ0n) is 13.4. The van der Waals surface area contributed by atoms with Gasteiger partial charge in [0.1, 0.15) is 12.4 Å². The molecule has 0 bridgehead atoms. The molecule has 1 amide bonds. The standard InChI is InChI=1S/C18H19NO4S/c1-14-6-8-15(9-7-14)24(21,22)13-10-18(20)19-11-12-23-17-5-3-2-4-16(17)19/h2-9H,10-13H2,1H3. The van der Waals surface area contributed by atoms with E-state index in [2.05, 4.69) is 0 Å². The summed E-state index contributed by atoms with van der Waals surface area (Å²) in [6.45, 7) is 2.74. The Morgan fingerprint density at radius 3 is 2.58 bits per heavy atom. The van der Waals surface area contributed by atoms with Crippen LogP contribution in [0.5, 0.6) is 5.75 Å². The average Bonchev–Trinajstić information content (AvgIpc) is 2.59. The number of carbonyl (C=O) groups excluding carboxylic acids is 1. The molecule has 2 aromatic carbocycles. The number of ether oxygens (including phenoxy) is 1. The molecule has 0 N–H and O–H groups in total. The lowest BCUT2D eigenvalue weighted by Gasteiger charge is -2.29. The summed E-state index contributed by atoms with van der Waals surface area (Å²) in [6, 6.07) is 14.0. The van der Waals surface area contributed by atoms with Crippen LogP contribution in [0.25, 0.3) is 0 Å². The van der Waals surface area contributed by atoms with Gasteiger partial charge in [0, 0.05) is 6.42 Å². The minimum Gasteiger partial charge on any atom is -0.490 e. The molecule has 3 rings (SSSR count). The summed E-state index contributed by atoms with van der Waals surface area (Å²) in [5, 5.41) is 0. The van der Waals surface area contributed by atoms with Crippen LogP contribution in [-0.4, -0.2) is 33.2 Å². The maximum Gasteiger partial charge on any atom is 0.228 e. The van der Waals surface area contributed by atoms with Crippen molar-refractivity contribution in [1.29, 1.82) is 0 Å². The van der Waals surface area contributed by atoms with E-state index in [4.69, 9.17) is 4.74 Å². The van der Waals surface area contributed by atoms with E-state index in [-0.39, 0.29) is 23.0 Å². The second kappa shape index (κ2) is 6.65. The van der Waals surface area contributed by atoms with Crippen LogP contribution in [0.2, 0.25) is 0 Å². The Kier molecular flexibility index (Phi) is 4.57. The van der Waals surface area contributed by atoms with Gasteiger partial charge in [-0.25, -0.2) is 8.42 Å². The molecule has 0 saturated heterocycles. The molecule has 1 aliphatic rings. The van der Waals surface area contributed by atoms with Crippen molar-refractivity contribution in [2.75, 3.05) is 23.8 Å². The highest BCUT2D eigenvalue weighted by Crippen LogP contribution is 2.31. The van der Waals surface area contributed by atoms with Gasteiger partial charge < -0.3 is 9.64 Å². The van der Waals surface area contributed by atoms with Gasteiger partial charge >= 0.3 is 0 Å². The summed E-state index contributed by atoms with van der Waals surface area (Å²) < 4.78 is 30.3. The van der Waals surface area contributed by atoms with Gasteiger partial charge in [-0.2, -0.15) is 0 Å². The lowest BCUT2D eigenvalue weighted by atomic mass is 10.2. The van der Waals surface area contributed by atoms with Crippen LogP contribution in [0, 0.1) is 6.92 Å². The number of benzene rings is 2. The SMILES string of the molecule is Cc1ccc(S(=O)(=O)CCC(=O)N2CCOc3ccccc32)cc1. The largest absolute Gasteiger partial charge is 0.490 e. The third-order valence-corrected chi connectivity index (χ3v) is 5.73. The first kappa shape index (κ1) is 16.5. The van der Waals surface area contributed by atoms with Gasteiger partial charge in [-0.05, 0) is 31.2 Å². The lowest BCUT2D eigenvalue weighted by Crippen LogP contribution is -2.38. The number of sulfone groups is 1. The first-order chi connectivity index (χ1) is 11.5. The number of hydrogen-bond acceptors (Lipinski definition) is 4. The molecule has 2 aromatic rings. The lowest BCUT2D eigenvalue weighted by molar-refractivity contribution is -0.118. The number of fused-ring (bicyclic) bond motifs is 1. The quantitative estimate of drug-likeness (QED) is 0.854.